The Morgan fingerprint density at radius 2 is 0.586 bits per heavy atom. The third-order valence-corrected chi connectivity index (χ3v) is 11.8. The van der Waals surface area contributed by atoms with Crippen LogP contribution in [0.3, 0.4) is 0 Å². The maximum atomic E-state index is 4.93. The predicted molar refractivity (Wildman–Crippen MR) is 243 cm³/mol. The molecule has 0 aliphatic heterocycles. The highest BCUT2D eigenvalue weighted by atomic mass is 15.0. The first-order chi connectivity index (χ1) is 28.7. The van der Waals surface area contributed by atoms with Gasteiger partial charge in [0.05, 0.1) is 0 Å². The van der Waals surface area contributed by atoms with Crippen molar-refractivity contribution in [1.82, 2.24) is 15.0 Å². The molecule has 0 N–H and O–H groups in total. The summed E-state index contributed by atoms with van der Waals surface area (Å²) < 4.78 is 0. The standard InChI is InChI=1S/C55H33N3/c1-3-11-39(12-4-1)53-56-54(40-13-5-2-6-14-40)58-55(57-53)41-31-25-35(26-32-41)34-23-27-36(28-24-34)48-33-42-17-9-20-44-43-18-7-15-37-29-30-38-16-8-19-45(50(38)49(37)43)46-21-10-22-47(48)52(46)51(42)44/h1-33H. The first-order valence-corrected chi connectivity index (χ1v) is 19.8. The summed E-state index contributed by atoms with van der Waals surface area (Å²) in [5.74, 6) is 1.96. The van der Waals surface area contributed by atoms with Crippen LogP contribution in [0.25, 0.3) is 121 Å². The lowest BCUT2D eigenvalue weighted by atomic mass is 9.85. The van der Waals surface area contributed by atoms with E-state index in [0.29, 0.717) is 17.5 Å². The van der Waals surface area contributed by atoms with E-state index in [4.69, 9.17) is 15.0 Å². The van der Waals surface area contributed by atoms with Crippen molar-refractivity contribution in [3.05, 3.63) is 200 Å². The van der Waals surface area contributed by atoms with E-state index in [9.17, 15) is 0 Å². The summed E-state index contributed by atoms with van der Waals surface area (Å²) in [6.45, 7) is 0. The van der Waals surface area contributed by atoms with Gasteiger partial charge in [-0.1, -0.05) is 194 Å². The van der Waals surface area contributed by atoms with Crippen LogP contribution in [-0.2, 0) is 0 Å². The summed E-state index contributed by atoms with van der Waals surface area (Å²) in [6, 6.07) is 71.9. The van der Waals surface area contributed by atoms with Crippen LogP contribution in [0.4, 0.5) is 0 Å². The van der Waals surface area contributed by atoms with Crippen LogP contribution >= 0.6 is 0 Å². The van der Waals surface area contributed by atoms with Crippen LogP contribution in [0.1, 0.15) is 0 Å². The van der Waals surface area contributed by atoms with Gasteiger partial charge in [0.1, 0.15) is 0 Å². The third-order valence-electron chi connectivity index (χ3n) is 11.8. The summed E-state index contributed by atoms with van der Waals surface area (Å²) in [5.41, 5.74) is 7.58. The lowest BCUT2D eigenvalue weighted by Gasteiger charge is -2.18. The fourth-order valence-corrected chi connectivity index (χ4v) is 9.13. The average molecular weight is 736 g/mol. The Kier molecular flexibility index (Phi) is 7.23. The second-order valence-electron chi connectivity index (χ2n) is 15.1. The van der Waals surface area contributed by atoms with E-state index >= 15 is 0 Å². The molecular formula is C55H33N3. The molecule has 12 aromatic rings. The lowest BCUT2D eigenvalue weighted by molar-refractivity contribution is 1.07. The molecule has 268 valence electrons. The van der Waals surface area contributed by atoms with Crippen molar-refractivity contribution < 1.29 is 0 Å². The first-order valence-electron chi connectivity index (χ1n) is 19.8. The second-order valence-corrected chi connectivity index (χ2v) is 15.1. The van der Waals surface area contributed by atoms with Gasteiger partial charge in [-0.2, -0.15) is 0 Å². The molecule has 0 aliphatic carbocycles. The maximum absolute atomic E-state index is 4.93. The second kappa shape index (κ2) is 12.9. The number of aromatic nitrogens is 3. The molecule has 1 aromatic heterocycles. The fourth-order valence-electron chi connectivity index (χ4n) is 9.13. The van der Waals surface area contributed by atoms with Gasteiger partial charge in [-0.05, 0) is 93.0 Å². The van der Waals surface area contributed by atoms with E-state index < -0.39 is 0 Å². The summed E-state index contributed by atoms with van der Waals surface area (Å²) in [5, 5.41) is 15.5. The number of benzene rings is 10. The Balaban J connectivity index is 0.974. The van der Waals surface area contributed by atoms with Gasteiger partial charge in [0.25, 0.3) is 0 Å². The monoisotopic (exact) mass is 735 g/mol. The Bertz CT molecular complexity index is 3460. The molecule has 58 heavy (non-hydrogen) atoms. The minimum Gasteiger partial charge on any atom is -0.208 e. The molecular weight excluding hydrogens is 703 g/mol. The molecule has 3 heteroatoms. The van der Waals surface area contributed by atoms with Gasteiger partial charge in [0.2, 0.25) is 0 Å². The Hall–Kier alpha value is -7.75. The first kappa shape index (κ1) is 32.5. The molecule has 3 nitrogen and oxygen atoms in total. The van der Waals surface area contributed by atoms with Crippen molar-refractivity contribution in [3.8, 4) is 56.4 Å². The average Bonchev–Trinajstić information content (AvgIpc) is 3.30. The molecule has 0 amide bonds. The zero-order chi connectivity index (χ0) is 38.2. The Morgan fingerprint density at radius 3 is 1.09 bits per heavy atom. The van der Waals surface area contributed by atoms with Crippen LogP contribution in [-0.4, -0.2) is 15.0 Å². The predicted octanol–water partition coefficient (Wildman–Crippen LogP) is 14.6. The molecule has 0 fully saturated rings. The highest BCUT2D eigenvalue weighted by Crippen LogP contribution is 2.45. The topological polar surface area (TPSA) is 38.7 Å². The summed E-state index contributed by atoms with van der Waals surface area (Å²) in [4.78, 5) is 14.7. The van der Waals surface area contributed by atoms with Crippen LogP contribution in [0.2, 0.25) is 0 Å². The van der Waals surface area contributed by atoms with Crippen LogP contribution in [0.5, 0.6) is 0 Å². The third kappa shape index (κ3) is 5.11. The molecule has 0 radical (unpaired) electrons. The number of hydrogen-bond acceptors (Lipinski definition) is 3. The lowest BCUT2D eigenvalue weighted by Crippen LogP contribution is -2.00. The van der Waals surface area contributed by atoms with Gasteiger partial charge >= 0.3 is 0 Å². The zero-order valence-corrected chi connectivity index (χ0v) is 31.4. The fraction of sp³-hybridized carbons (Fsp3) is 0. The van der Waals surface area contributed by atoms with Crippen molar-refractivity contribution in [1.29, 1.82) is 0 Å². The molecule has 0 aliphatic rings. The molecule has 0 atom stereocenters. The maximum Gasteiger partial charge on any atom is 0.164 e. The van der Waals surface area contributed by atoms with Crippen molar-refractivity contribution in [3.63, 3.8) is 0 Å². The van der Waals surface area contributed by atoms with Gasteiger partial charge < -0.3 is 0 Å². The summed E-state index contributed by atoms with van der Waals surface area (Å²) >= 11 is 0. The molecule has 0 saturated heterocycles. The van der Waals surface area contributed by atoms with Gasteiger partial charge in [-0.15, -0.1) is 0 Å². The minimum absolute atomic E-state index is 0.649. The number of fused-ring (bicyclic) bond motifs is 2. The summed E-state index contributed by atoms with van der Waals surface area (Å²) in [7, 11) is 0. The Morgan fingerprint density at radius 1 is 0.224 bits per heavy atom. The van der Waals surface area contributed by atoms with E-state index in [2.05, 4.69) is 140 Å². The van der Waals surface area contributed by atoms with E-state index in [0.717, 1.165) is 27.8 Å². The van der Waals surface area contributed by atoms with Crippen LogP contribution in [0.15, 0.2) is 200 Å². The highest BCUT2D eigenvalue weighted by Gasteiger charge is 2.18. The smallest absolute Gasteiger partial charge is 0.164 e. The van der Waals surface area contributed by atoms with Crippen LogP contribution < -0.4 is 0 Å². The summed E-state index contributed by atoms with van der Waals surface area (Å²) in [6.07, 6.45) is 0. The van der Waals surface area contributed by atoms with Crippen molar-refractivity contribution in [2.45, 2.75) is 0 Å². The number of hydrogen-bond donors (Lipinski definition) is 0. The van der Waals surface area contributed by atoms with Crippen molar-refractivity contribution >= 4 is 64.6 Å². The van der Waals surface area contributed by atoms with E-state index in [1.165, 1.54) is 75.8 Å². The molecule has 11 aromatic carbocycles. The van der Waals surface area contributed by atoms with E-state index in [-0.39, 0.29) is 0 Å². The minimum atomic E-state index is 0.649. The quantitative estimate of drug-likeness (QED) is 0.165. The van der Waals surface area contributed by atoms with Gasteiger partial charge in [0.15, 0.2) is 17.5 Å². The normalized spacial score (nSPS) is 11.8. The molecule has 1 heterocycles. The highest BCUT2D eigenvalue weighted by molar-refractivity contribution is 6.37. The van der Waals surface area contributed by atoms with E-state index in [1.807, 2.05) is 60.7 Å². The van der Waals surface area contributed by atoms with Crippen molar-refractivity contribution in [2.24, 2.45) is 0 Å². The number of rotatable bonds is 5. The van der Waals surface area contributed by atoms with Gasteiger partial charge in [-0.3, -0.25) is 0 Å². The van der Waals surface area contributed by atoms with Gasteiger partial charge in [0, 0.05) is 16.7 Å². The molecule has 0 unspecified atom stereocenters. The largest absolute Gasteiger partial charge is 0.208 e. The molecule has 12 rings (SSSR count). The van der Waals surface area contributed by atoms with E-state index in [1.54, 1.807) is 0 Å². The zero-order valence-electron chi connectivity index (χ0n) is 31.4. The van der Waals surface area contributed by atoms with Crippen molar-refractivity contribution in [2.75, 3.05) is 0 Å². The molecule has 0 saturated carbocycles. The SMILES string of the molecule is c1ccc(-c2nc(-c3ccccc3)nc(-c3ccc(-c4ccc(-c5cc6cccc7c8cccc9ccc%10cccc(c%11cccc5c%11c67)c%10c98)cc4)cc3)n2)cc1. The van der Waals surface area contributed by atoms with Gasteiger partial charge in [-0.25, -0.2) is 15.0 Å². The molecule has 0 bridgehead atoms. The Labute approximate surface area is 334 Å². The number of nitrogens with zero attached hydrogens (tertiary/aromatic N) is 3. The van der Waals surface area contributed by atoms with Crippen LogP contribution in [0, 0.1) is 0 Å². The molecule has 0 spiro atoms.